The standard InChI is InChI=1S/C22H34F2O4/c1-2-22(23,24)20(25)28-19-17-8-16-9-18(19)12-21(10-16,11-17)27-14-26-13-15-6-4-3-5-7-15/h15-19H,2-14H2,1H3. The molecule has 0 radical (unpaired) electrons. The normalized spacial score (nSPS) is 38.0. The number of carbonyl (C=O) groups is 1. The zero-order valence-electron chi connectivity index (χ0n) is 17.0. The first-order chi connectivity index (χ1) is 13.4. The Kier molecular flexibility index (Phi) is 5.99. The molecule has 0 aromatic rings. The molecule has 0 aliphatic heterocycles. The first-order valence-electron chi connectivity index (χ1n) is 11.2. The molecule has 6 heteroatoms. The molecule has 4 bridgehead atoms. The Balaban J connectivity index is 1.29. The Hall–Kier alpha value is -0.750. The minimum Gasteiger partial charge on any atom is -0.457 e. The van der Waals surface area contributed by atoms with E-state index >= 15 is 0 Å². The van der Waals surface area contributed by atoms with Crippen molar-refractivity contribution in [2.24, 2.45) is 23.7 Å². The molecule has 2 atom stereocenters. The molecule has 0 N–H and O–H groups in total. The van der Waals surface area contributed by atoms with Crippen LogP contribution in [-0.4, -0.2) is 37.0 Å². The first kappa shape index (κ1) is 20.5. The molecule has 5 fully saturated rings. The molecule has 0 aromatic heterocycles. The number of hydrogen-bond acceptors (Lipinski definition) is 4. The monoisotopic (exact) mass is 400 g/mol. The third-order valence-corrected chi connectivity index (χ3v) is 7.64. The Bertz CT molecular complexity index is 545. The summed E-state index contributed by atoms with van der Waals surface area (Å²) in [6.45, 7) is 2.41. The van der Waals surface area contributed by atoms with Crippen molar-refractivity contribution in [3.63, 3.8) is 0 Å². The van der Waals surface area contributed by atoms with Crippen molar-refractivity contribution >= 4 is 5.97 Å². The maximum atomic E-state index is 13.7. The molecular weight excluding hydrogens is 366 g/mol. The van der Waals surface area contributed by atoms with Crippen molar-refractivity contribution in [2.75, 3.05) is 13.4 Å². The van der Waals surface area contributed by atoms with Gasteiger partial charge in [0.1, 0.15) is 12.9 Å². The summed E-state index contributed by atoms with van der Waals surface area (Å²) >= 11 is 0. The zero-order chi connectivity index (χ0) is 19.8. The lowest BCUT2D eigenvalue weighted by molar-refractivity contribution is -0.245. The van der Waals surface area contributed by atoms with Gasteiger partial charge in [0.25, 0.3) is 0 Å². The van der Waals surface area contributed by atoms with E-state index in [2.05, 4.69) is 0 Å². The number of carbonyl (C=O) groups excluding carboxylic acids is 1. The fourth-order valence-corrected chi connectivity index (χ4v) is 6.36. The van der Waals surface area contributed by atoms with Gasteiger partial charge in [0, 0.05) is 6.42 Å². The molecule has 4 nitrogen and oxygen atoms in total. The molecule has 0 spiro atoms. The topological polar surface area (TPSA) is 44.8 Å². The van der Waals surface area contributed by atoms with Crippen LogP contribution in [0.3, 0.4) is 0 Å². The summed E-state index contributed by atoms with van der Waals surface area (Å²) in [5.74, 6) is -3.23. The van der Waals surface area contributed by atoms with Gasteiger partial charge in [-0.2, -0.15) is 8.78 Å². The molecule has 5 saturated carbocycles. The van der Waals surface area contributed by atoms with Crippen LogP contribution >= 0.6 is 0 Å². The van der Waals surface area contributed by atoms with E-state index in [-0.39, 0.29) is 23.5 Å². The van der Waals surface area contributed by atoms with E-state index in [1.807, 2.05) is 0 Å². The van der Waals surface area contributed by atoms with Crippen molar-refractivity contribution in [3.8, 4) is 0 Å². The van der Waals surface area contributed by atoms with Crippen LogP contribution in [0.15, 0.2) is 0 Å². The summed E-state index contributed by atoms with van der Waals surface area (Å²) in [4.78, 5) is 11.9. The van der Waals surface area contributed by atoms with E-state index in [9.17, 15) is 13.6 Å². The molecule has 2 unspecified atom stereocenters. The highest BCUT2D eigenvalue weighted by Gasteiger charge is 2.58. The Labute approximate surface area is 166 Å². The van der Waals surface area contributed by atoms with Crippen LogP contribution in [0.2, 0.25) is 0 Å². The predicted octanol–water partition coefficient (Wildman–Crippen LogP) is 5.09. The molecule has 5 aliphatic carbocycles. The lowest BCUT2D eigenvalue weighted by Gasteiger charge is -2.58. The quantitative estimate of drug-likeness (QED) is 0.323. The lowest BCUT2D eigenvalue weighted by Crippen LogP contribution is -2.59. The molecule has 0 heterocycles. The van der Waals surface area contributed by atoms with E-state index in [0.29, 0.717) is 18.6 Å². The zero-order valence-corrected chi connectivity index (χ0v) is 17.0. The van der Waals surface area contributed by atoms with Gasteiger partial charge in [0.15, 0.2) is 0 Å². The molecule has 28 heavy (non-hydrogen) atoms. The molecule has 160 valence electrons. The van der Waals surface area contributed by atoms with Crippen molar-refractivity contribution < 1.29 is 27.8 Å². The van der Waals surface area contributed by atoms with Crippen LogP contribution in [0.1, 0.15) is 77.6 Å². The first-order valence-corrected chi connectivity index (χ1v) is 11.2. The van der Waals surface area contributed by atoms with E-state index < -0.39 is 18.3 Å². The Morgan fingerprint density at radius 2 is 1.75 bits per heavy atom. The average Bonchev–Trinajstić information content (AvgIpc) is 2.68. The molecular formula is C22H34F2O4. The van der Waals surface area contributed by atoms with Gasteiger partial charge in [-0.1, -0.05) is 26.2 Å². The highest BCUT2D eigenvalue weighted by atomic mass is 19.3. The fraction of sp³-hybridized carbons (Fsp3) is 0.955. The number of esters is 1. The summed E-state index contributed by atoms with van der Waals surface area (Å²) in [6.07, 6.45) is 10.1. The summed E-state index contributed by atoms with van der Waals surface area (Å²) in [5, 5.41) is 0. The van der Waals surface area contributed by atoms with Gasteiger partial charge < -0.3 is 14.2 Å². The number of hydrogen-bond donors (Lipinski definition) is 0. The summed E-state index contributed by atoms with van der Waals surface area (Å²) in [7, 11) is 0. The number of halogens is 2. The van der Waals surface area contributed by atoms with Crippen molar-refractivity contribution in [1.82, 2.24) is 0 Å². The number of alkyl halides is 2. The van der Waals surface area contributed by atoms with E-state index in [1.165, 1.54) is 39.0 Å². The van der Waals surface area contributed by atoms with Crippen molar-refractivity contribution in [2.45, 2.75) is 95.2 Å². The summed E-state index contributed by atoms with van der Waals surface area (Å²) in [5.41, 5.74) is -0.209. The molecule has 0 aromatic carbocycles. The van der Waals surface area contributed by atoms with Gasteiger partial charge in [-0.15, -0.1) is 0 Å². The van der Waals surface area contributed by atoms with Crippen LogP contribution in [0.5, 0.6) is 0 Å². The fourth-order valence-electron chi connectivity index (χ4n) is 6.36. The second-order valence-corrected chi connectivity index (χ2v) is 9.72. The van der Waals surface area contributed by atoms with Gasteiger partial charge in [-0.3, -0.25) is 0 Å². The van der Waals surface area contributed by atoms with Crippen LogP contribution in [0.4, 0.5) is 8.78 Å². The highest BCUT2D eigenvalue weighted by molar-refractivity contribution is 5.77. The largest absolute Gasteiger partial charge is 0.457 e. The van der Waals surface area contributed by atoms with E-state index in [1.54, 1.807) is 0 Å². The van der Waals surface area contributed by atoms with Gasteiger partial charge in [0.2, 0.25) is 0 Å². The van der Waals surface area contributed by atoms with Crippen molar-refractivity contribution in [1.29, 1.82) is 0 Å². The molecule has 5 rings (SSSR count). The minimum absolute atomic E-state index is 0.140. The molecule has 5 aliphatic rings. The highest BCUT2D eigenvalue weighted by Crippen LogP contribution is 2.58. The average molecular weight is 401 g/mol. The molecule has 0 saturated heterocycles. The van der Waals surface area contributed by atoms with Crippen LogP contribution in [-0.2, 0) is 19.0 Å². The predicted molar refractivity (Wildman–Crippen MR) is 99.9 cm³/mol. The van der Waals surface area contributed by atoms with Gasteiger partial charge in [-0.25, -0.2) is 4.79 Å². The molecule has 0 amide bonds. The second kappa shape index (κ2) is 8.17. The van der Waals surface area contributed by atoms with E-state index in [0.717, 1.165) is 38.7 Å². The third kappa shape index (κ3) is 4.23. The number of ether oxygens (including phenoxy) is 3. The summed E-state index contributed by atoms with van der Waals surface area (Å²) < 4.78 is 44.8. The van der Waals surface area contributed by atoms with E-state index in [4.69, 9.17) is 14.2 Å². The summed E-state index contributed by atoms with van der Waals surface area (Å²) in [6, 6.07) is 0. The van der Waals surface area contributed by atoms with Crippen molar-refractivity contribution in [3.05, 3.63) is 0 Å². The van der Waals surface area contributed by atoms with Crippen LogP contribution in [0, 0.1) is 23.7 Å². The number of rotatable bonds is 8. The Morgan fingerprint density at radius 3 is 2.39 bits per heavy atom. The maximum Gasteiger partial charge on any atom is 0.377 e. The van der Waals surface area contributed by atoms with Gasteiger partial charge >= 0.3 is 11.9 Å². The minimum atomic E-state index is -3.38. The second-order valence-electron chi connectivity index (χ2n) is 9.72. The lowest BCUT2D eigenvalue weighted by atomic mass is 9.53. The van der Waals surface area contributed by atoms with Crippen LogP contribution < -0.4 is 0 Å². The smallest absolute Gasteiger partial charge is 0.377 e. The maximum absolute atomic E-state index is 13.7. The van der Waals surface area contributed by atoms with Gasteiger partial charge in [-0.05, 0) is 68.6 Å². The van der Waals surface area contributed by atoms with Crippen LogP contribution in [0.25, 0.3) is 0 Å². The SMILES string of the molecule is CCC(F)(F)C(=O)OC1C2CC3CC1CC(OCOCC1CCCCC1)(C3)C2. The van der Waals surface area contributed by atoms with Gasteiger partial charge in [0.05, 0.1) is 12.2 Å². The third-order valence-electron chi connectivity index (χ3n) is 7.64. The Morgan fingerprint density at radius 1 is 1.07 bits per heavy atom.